The summed E-state index contributed by atoms with van der Waals surface area (Å²) in [6, 6.07) is 1.97. The van der Waals surface area contributed by atoms with E-state index in [1.165, 1.54) is 0 Å². The van der Waals surface area contributed by atoms with Gasteiger partial charge in [-0.2, -0.15) is 0 Å². The van der Waals surface area contributed by atoms with Gasteiger partial charge in [-0.3, -0.25) is 9.69 Å². The summed E-state index contributed by atoms with van der Waals surface area (Å²) in [5.74, 6) is 0.330. The second-order valence-corrected chi connectivity index (χ2v) is 6.69. The van der Waals surface area contributed by atoms with Gasteiger partial charge in [-0.05, 0) is 12.0 Å². The Morgan fingerprint density at radius 2 is 2.41 bits per heavy atom. The summed E-state index contributed by atoms with van der Waals surface area (Å²) in [6.45, 7) is 7.39. The summed E-state index contributed by atoms with van der Waals surface area (Å²) in [5.41, 5.74) is 1.35. The van der Waals surface area contributed by atoms with E-state index >= 15 is 0 Å². The zero-order valence-corrected chi connectivity index (χ0v) is 13.2. The van der Waals surface area contributed by atoms with E-state index in [9.17, 15) is 4.79 Å². The van der Waals surface area contributed by atoms with Crippen LogP contribution in [0.15, 0.2) is 28.2 Å². The molecule has 2 aliphatic heterocycles. The van der Waals surface area contributed by atoms with Gasteiger partial charge in [0.15, 0.2) is 5.60 Å². The average molecular weight is 305 g/mol. The van der Waals surface area contributed by atoms with E-state index < -0.39 is 0 Å². The summed E-state index contributed by atoms with van der Waals surface area (Å²) in [4.78, 5) is 20.0. The Balaban J connectivity index is 1.52. The molecule has 1 N–H and O–H groups in total. The summed E-state index contributed by atoms with van der Waals surface area (Å²) >= 11 is 0. The number of furan rings is 1. The quantitative estimate of drug-likeness (QED) is 0.900. The minimum Gasteiger partial charge on any atom is -0.472 e. The third-order valence-electron chi connectivity index (χ3n) is 4.15. The van der Waals surface area contributed by atoms with E-state index in [-0.39, 0.29) is 11.5 Å². The van der Waals surface area contributed by atoms with Gasteiger partial charge in [0.05, 0.1) is 12.5 Å². The van der Waals surface area contributed by atoms with Crippen molar-refractivity contribution in [1.29, 1.82) is 0 Å². The molecule has 0 bridgehead atoms. The molecular weight excluding hydrogens is 282 g/mol. The first-order chi connectivity index (χ1) is 10.6. The summed E-state index contributed by atoms with van der Waals surface area (Å²) in [7, 11) is 0. The molecule has 6 nitrogen and oxygen atoms in total. The predicted octanol–water partition coefficient (Wildman–Crippen LogP) is 1.77. The number of amides is 1. The van der Waals surface area contributed by atoms with Gasteiger partial charge >= 0.3 is 0 Å². The van der Waals surface area contributed by atoms with E-state index in [0.717, 1.165) is 31.6 Å². The second kappa shape index (κ2) is 6.12. The van der Waals surface area contributed by atoms with Crippen LogP contribution in [0.25, 0.3) is 0 Å². The monoisotopic (exact) mass is 305 g/mol. The maximum Gasteiger partial charge on any atom is 0.269 e. The highest BCUT2D eigenvalue weighted by Gasteiger charge is 2.46. The average Bonchev–Trinajstić information content (AvgIpc) is 3.20. The molecule has 0 aromatic carbocycles. The Morgan fingerprint density at radius 1 is 1.55 bits per heavy atom. The Hall–Kier alpha value is -1.82. The molecule has 1 atom stereocenters. The first-order valence-electron chi connectivity index (χ1n) is 7.83. The van der Waals surface area contributed by atoms with Gasteiger partial charge in [-0.25, -0.2) is 0 Å². The third-order valence-corrected chi connectivity index (χ3v) is 4.15. The van der Waals surface area contributed by atoms with Crippen LogP contribution in [0.5, 0.6) is 0 Å². The van der Waals surface area contributed by atoms with Crippen molar-refractivity contribution >= 4 is 11.6 Å². The number of oxime groups is 1. The van der Waals surface area contributed by atoms with Crippen LogP contribution < -0.4 is 5.32 Å². The Kier molecular flexibility index (Phi) is 4.20. The van der Waals surface area contributed by atoms with E-state index in [1.54, 1.807) is 12.5 Å². The van der Waals surface area contributed by atoms with Crippen LogP contribution in [0.1, 0.15) is 32.3 Å². The number of nitrogens with zero attached hydrogens (tertiary/aromatic N) is 2. The summed E-state index contributed by atoms with van der Waals surface area (Å²) in [6.07, 6.45) is 4.95. The minimum absolute atomic E-state index is 0.0983. The molecule has 1 fully saturated rings. The van der Waals surface area contributed by atoms with Crippen LogP contribution in [0, 0.1) is 5.92 Å². The van der Waals surface area contributed by atoms with Gasteiger partial charge in [-0.1, -0.05) is 19.0 Å². The van der Waals surface area contributed by atoms with Crippen molar-refractivity contribution in [2.45, 2.75) is 38.8 Å². The van der Waals surface area contributed by atoms with Crippen LogP contribution in [0.2, 0.25) is 0 Å². The smallest absolute Gasteiger partial charge is 0.269 e. The number of carbonyl (C=O) groups excluding carboxylic acids is 1. The molecule has 1 amide bonds. The lowest BCUT2D eigenvalue weighted by atomic mass is 9.96. The van der Waals surface area contributed by atoms with Crippen molar-refractivity contribution in [2.24, 2.45) is 11.1 Å². The van der Waals surface area contributed by atoms with Gasteiger partial charge in [-0.15, -0.1) is 0 Å². The predicted molar refractivity (Wildman–Crippen MR) is 82.3 cm³/mol. The number of hydrogen-bond acceptors (Lipinski definition) is 5. The van der Waals surface area contributed by atoms with Crippen molar-refractivity contribution in [3.05, 3.63) is 24.2 Å². The van der Waals surface area contributed by atoms with Crippen LogP contribution in [0.4, 0.5) is 0 Å². The Labute approximate surface area is 130 Å². The molecule has 3 heterocycles. The van der Waals surface area contributed by atoms with E-state index in [4.69, 9.17) is 9.25 Å². The zero-order chi connectivity index (χ0) is 15.6. The van der Waals surface area contributed by atoms with Crippen molar-refractivity contribution in [1.82, 2.24) is 10.2 Å². The normalized spacial score (nSPS) is 24.8. The van der Waals surface area contributed by atoms with Crippen molar-refractivity contribution in [2.75, 3.05) is 19.6 Å². The maximum absolute atomic E-state index is 12.1. The fourth-order valence-electron chi connectivity index (χ4n) is 2.96. The Bertz CT molecular complexity index is 553. The molecule has 0 aliphatic carbocycles. The third kappa shape index (κ3) is 3.32. The highest BCUT2D eigenvalue weighted by atomic mass is 16.7. The fourth-order valence-corrected chi connectivity index (χ4v) is 2.96. The molecule has 0 radical (unpaired) electrons. The van der Waals surface area contributed by atoms with Crippen molar-refractivity contribution in [3.8, 4) is 0 Å². The second-order valence-electron chi connectivity index (χ2n) is 6.69. The standard InChI is InChI=1S/C16H23N3O3/c1-12(2)8-17-15(20)14-7-16(22-18-14)4-5-19(11-16)9-13-3-6-21-10-13/h3,6,10,12H,4-5,7-9,11H2,1-2H3,(H,17,20). The number of rotatable bonds is 5. The van der Waals surface area contributed by atoms with E-state index in [1.807, 2.05) is 6.07 Å². The largest absolute Gasteiger partial charge is 0.472 e. The van der Waals surface area contributed by atoms with Gasteiger partial charge in [0, 0.05) is 44.6 Å². The zero-order valence-electron chi connectivity index (χ0n) is 13.2. The number of carbonyl (C=O) groups is 1. The molecule has 1 saturated heterocycles. The summed E-state index contributed by atoms with van der Waals surface area (Å²) < 4.78 is 5.10. The number of likely N-dealkylation sites (tertiary alicyclic amines) is 1. The Morgan fingerprint density at radius 3 is 3.14 bits per heavy atom. The molecule has 6 heteroatoms. The first-order valence-corrected chi connectivity index (χ1v) is 7.83. The molecule has 1 spiro atoms. The van der Waals surface area contributed by atoms with Crippen LogP contribution >= 0.6 is 0 Å². The lowest BCUT2D eigenvalue weighted by molar-refractivity contribution is -0.115. The van der Waals surface area contributed by atoms with Gasteiger partial charge in [0.2, 0.25) is 0 Å². The molecule has 3 rings (SSSR count). The highest BCUT2D eigenvalue weighted by molar-refractivity contribution is 6.39. The van der Waals surface area contributed by atoms with Gasteiger partial charge in [0.25, 0.3) is 5.91 Å². The number of hydrogen-bond donors (Lipinski definition) is 1. The minimum atomic E-state index is -0.325. The fraction of sp³-hybridized carbons (Fsp3) is 0.625. The molecule has 1 aromatic heterocycles. The van der Waals surface area contributed by atoms with Crippen molar-refractivity contribution < 1.29 is 14.0 Å². The van der Waals surface area contributed by atoms with Gasteiger partial charge in [0.1, 0.15) is 5.71 Å². The molecule has 1 aromatic rings. The molecule has 2 aliphatic rings. The molecule has 120 valence electrons. The molecule has 22 heavy (non-hydrogen) atoms. The maximum atomic E-state index is 12.1. The van der Waals surface area contributed by atoms with Crippen LogP contribution in [-0.4, -0.2) is 41.8 Å². The topological polar surface area (TPSA) is 67.1 Å². The number of nitrogens with one attached hydrogen (secondary N) is 1. The van der Waals surface area contributed by atoms with E-state index in [0.29, 0.717) is 24.6 Å². The lowest BCUT2D eigenvalue weighted by Gasteiger charge is -2.21. The molecule has 1 unspecified atom stereocenters. The highest BCUT2D eigenvalue weighted by Crippen LogP contribution is 2.34. The van der Waals surface area contributed by atoms with Crippen LogP contribution in [0.3, 0.4) is 0 Å². The molecule has 0 saturated carbocycles. The van der Waals surface area contributed by atoms with Crippen molar-refractivity contribution in [3.63, 3.8) is 0 Å². The summed E-state index contributed by atoms with van der Waals surface area (Å²) in [5, 5.41) is 6.94. The molecular formula is C16H23N3O3. The van der Waals surface area contributed by atoms with E-state index in [2.05, 4.69) is 29.2 Å². The van der Waals surface area contributed by atoms with Gasteiger partial charge < -0.3 is 14.6 Å². The first kappa shape index (κ1) is 15.1. The lowest BCUT2D eigenvalue weighted by Crippen LogP contribution is -2.37. The van der Waals surface area contributed by atoms with Crippen LogP contribution in [-0.2, 0) is 16.2 Å². The SMILES string of the molecule is CC(C)CNC(=O)C1=NOC2(CCN(Cc3ccoc3)C2)C1.